The van der Waals surface area contributed by atoms with E-state index in [1.54, 1.807) is 11.6 Å². The molecule has 1 heterocycles. The van der Waals surface area contributed by atoms with E-state index in [0.717, 1.165) is 9.09 Å². The molecule has 0 fully saturated rings. The minimum Gasteiger partial charge on any atom is -0.243 e. The summed E-state index contributed by atoms with van der Waals surface area (Å²) in [4.78, 5) is 4.05. The van der Waals surface area contributed by atoms with Gasteiger partial charge < -0.3 is 0 Å². The molecule has 1 nitrogen and oxygen atoms in total. The Labute approximate surface area is 80.4 Å². The SMILES string of the molecule is Fc1ccc(I)c2ncsc12. The van der Waals surface area contributed by atoms with Crippen molar-refractivity contribution in [2.45, 2.75) is 0 Å². The van der Waals surface area contributed by atoms with Gasteiger partial charge in [0.15, 0.2) is 0 Å². The molecule has 1 aromatic heterocycles. The molecular formula is C7H3FINS. The lowest BCUT2D eigenvalue weighted by Gasteiger charge is -1.92. The van der Waals surface area contributed by atoms with Gasteiger partial charge in [-0.1, -0.05) is 0 Å². The summed E-state index contributed by atoms with van der Waals surface area (Å²) in [6.45, 7) is 0. The van der Waals surface area contributed by atoms with Crippen LogP contribution in [-0.4, -0.2) is 4.98 Å². The van der Waals surface area contributed by atoms with Gasteiger partial charge in [-0.25, -0.2) is 9.37 Å². The predicted octanol–water partition coefficient (Wildman–Crippen LogP) is 3.04. The van der Waals surface area contributed by atoms with E-state index in [4.69, 9.17) is 0 Å². The second-order valence-electron chi connectivity index (χ2n) is 2.06. The van der Waals surface area contributed by atoms with Gasteiger partial charge in [0.25, 0.3) is 0 Å². The monoisotopic (exact) mass is 279 g/mol. The number of hydrogen-bond donors (Lipinski definition) is 0. The molecule has 0 aliphatic heterocycles. The summed E-state index contributed by atoms with van der Waals surface area (Å²) in [5.74, 6) is -0.178. The summed E-state index contributed by atoms with van der Waals surface area (Å²) in [6.07, 6.45) is 0. The van der Waals surface area contributed by atoms with E-state index < -0.39 is 0 Å². The molecule has 4 heteroatoms. The van der Waals surface area contributed by atoms with Crippen molar-refractivity contribution in [1.29, 1.82) is 0 Å². The molecule has 0 aliphatic carbocycles. The summed E-state index contributed by atoms with van der Waals surface area (Å²) in [7, 11) is 0. The minimum absolute atomic E-state index is 0.178. The molecule has 0 N–H and O–H groups in total. The van der Waals surface area contributed by atoms with Gasteiger partial charge in [-0.15, -0.1) is 11.3 Å². The third kappa shape index (κ3) is 1.14. The van der Waals surface area contributed by atoms with Gasteiger partial charge in [0.1, 0.15) is 5.82 Å². The second-order valence-corrected chi connectivity index (χ2v) is 4.08. The van der Waals surface area contributed by atoms with Crippen molar-refractivity contribution < 1.29 is 4.39 Å². The number of rotatable bonds is 0. The maximum atomic E-state index is 13.0. The molecule has 0 atom stereocenters. The normalized spacial score (nSPS) is 10.7. The predicted molar refractivity (Wildman–Crippen MR) is 52.3 cm³/mol. The van der Waals surface area contributed by atoms with E-state index in [2.05, 4.69) is 27.6 Å². The summed E-state index contributed by atoms with van der Waals surface area (Å²) < 4.78 is 14.6. The van der Waals surface area contributed by atoms with Crippen molar-refractivity contribution >= 4 is 44.1 Å². The maximum Gasteiger partial charge on any atom is 0.142 e. The highest BCUT2D eigenvalue weighted by Gasteiger charge is 2.05. The highest BCUT2D eigenvalue weighted by Crippen LogP contribution is 2.25. The molecule has 2 rings (SSSR count). The highest BCUT2D eigenvalue weighted by molar-refractivity contribution is 14.1. The number of nitrogens with zero attached hydrogens (tertiary/aromatic N) is 1. The minimum atomic E-state index is -0.178. The van der Waals surface area contributed by atoms with Crippen molar-refractivity contribution in [3.05, 3.63) is 27.0 Å². The van der Waals surface area contributed by atoms with Crippen LogP contribution in [-0.2, 0) is 0 Å². The van der Waals surface area contributed by atoms with Gasteiger partial charge >= 0.3 is 0 Å². The lowest BCUT2D eigenvalue weighted by atomic mass is 10.3. The molecule has 1 aromatic carbocycles. The van der Waals surface area contributed by atoms with Gasteiger partial charge in [0.2, 0.25) is 0 Å². The van der Waals surface area contributed by atoms with Gasteiger partial charge in [-0.2, -0.15) is 0 Å². The summed E-state index contributed by atoms with van der Waals surface area (Å²) in [5.41, 5.74) is 2.44. The molecule has 0 saturated carbocycles. The largest absolute Gasteiger partial charge is 0.243 e. The van der Waals surface area contributed by atoms with Crippen LogP contribution in [0.2, 0.25) is 0 Å². The number of benzene rings is 1. The summed E-state index contributed by atoms with van der Waals surface area (Å²) >= 11 is 3.49. The fourth-order valence-electron chi connectivity index (χ4n) is 0.887. The Hall–Kier alpha value is -0.230. The molecule has 0 amide bonds. The van der Waals surface area contributed by atoms with Crippen LogP contribution >= 0.6 is 33.9 Å². The molecule has 0 bridgehead atoms. The lowest BCUT2D eigenvalue weighted by Crippen LogP contribution is -1.78. The second kappa shape index (κ2) is 2.67. The first-order valence-corrected chi connectivity index (χ1v) is 4.92. The van der Waals surface area contributed by atoms with Gasteiger partial charge in [-0.05, 0) is 34.7 Å². The van der Waals surface area contributed by atoms with Gasteiger partial charge in [0, 0.05) is 3.57 Å². The van der Waals surface area contributed by atoms with Crippen LogP contribution in [0.1, 0.15) is 0 Å². The van der Waals surface area contributed by atoms with Crippen LogP contribution in [0, 0.1) is 9.39 Å². The Morgan fingerprint density at radius 1 is 1.45 bits per heavy atom. The third-order valence-corrected chi connectivity index (χ3v) is 3.09. The molecule has 56 valence electrons. The average Bonchev–Trinajstić information content (AvgIpc) is 2.45. The van der Waals surface area contributed by atoms with Crippen molar-refractivity contribution in [3.8, 4) is 0 Å². The fraction of sp³-hybridized carbons (Fsp3) is 0. The van der Waals surface area contributed by atoms with Crippen LogP contribution in [0.25, 0.3) is 10.2 Å². The van der Waals surface area contributed by atoms with E-state index in [1.807, 2.05) is 0 Å². The zero-order valence-corrected chi connectivity index (χ0v) is 8.32. The molecule has 0 radical (unpaired) electrons. The van der Waals surface area contributed by atoms with E-state index in [0.29, 0.717) is 4.70 Å². The zero-order valence-electron chi connectivity index (χ0n) is 5.34. The number of hydrogen-bond acceptors (Lipinski definition) is 2. The molecule has 2 aromatic rings. The van der Waals surface area contributed by atoms with E-state index in [1.165, 1.54) is 17.4 Å². The zero-order chi connectivity index (χ0) is 7.84. The van der Waals surface area contributed by atoms with E-state index >= 15 is 0 Å². The van der Waals surface area contributed by atoms with E-state index in [-0.39, 0.29) is 5.82 Å². The first kappa shape index (κ1) is 7.42. The lowest BCUT2D eigenvalue weighted by molar-refractivity contribution is 0.641. The van der Waals surface area contributed by atoms with Crippen molar-refractivity contribution in [1.82, 2.24) is 4.98 Å². The quantitative estimate of drug-likeness (QED) is 0.675. The smallest absolute Gasteiger partial charge is 0.142 e. The van der Waals surface area contributed by atoms with Crippen molar-refractivity contribution in [3.63, 3.8) is 0 Å². The van der Waals surface area contributed by atoms with Crippen LogP contribution < -0.4 is 0 Å². The Bertz CT molecular complexity index is 362. The van der Waals surface area contributed by atoms with Crippen LogP contribution in [0.3, 0.4) is 0 Å². The topological polar surface area (TPSA) is 12.9 Å². The number of fused-ring (bicyclic) bond motifs is 1. The van der Waals surface area contributed by atoms with E-state index in [9.17, 15) is 4.39 Å². The highest BCUT2D eigenvalue weighted by atomic mass is 127. The Kier molecular flexibility index (Phi) is 1.80. The van der Waals surface area contributed by atoms with Crippen LogP contribution in [0.5, 0.6) is 0 Å². The number of thiazole rings is 1. The average molecular weight is 279 g/mol. The molecule has 11 heavy (non-hydrogen) atoms. The standard InChI is InChI=1S/C7H3FINS/c8-4-1-2-5(9)6-7(4)11-3-10-6/h1-3H. The summed E-state index contributed by atoms with van der Waals surface area (Å²) in [5, 5.41) is 0. The number of halogens is 2. The van der Waals surface area contributed by atoms with Gasteiger partial charge in [-0.3, -0.25) is 0 Å². The van der Waals surface area contributed by atoms with Crippen LogP contribution in [0.4, 0.5) is 4.39 Å². The first-order valence-electron chi connectivity index (χ1n) is 2.96. The van der Waals surface area contributed by atoms with Crippen LogP contribution in [0.15, 0.2) is 17.6 Å². The molecule has 0 saturated heterocycles. The summed E-state index contributed by atoms with van der Waals surface area (Å²) in [6, 6.07) is 3.21. The molecule has 0 aliphatic rings. The van der Waals surface area contributed by atoms with Crippen molar-refractivity contribution in [2.24, 2.45) is 0 Å². The Morgan fingerprint density at radius 2 is 2.27 bits per heavy atom. The third-order valence-electron chi connectivity index (χ3n) is 1.39. The number of aromatic nitrogens is 1. The molecular weight excluding hydrogens is 276 g/mol. The first-order chi connectivity index (χ1) is 5.29. The fourth-order valence-corrected chi connectivity index (χ4v) is 2.38. The van der Waals surface area contributed by atoms with Crippen molar-refractivity contribution in [2.75, 3.05) is 0 Å². The maximum absolute atomic E-state index is 13.0. The molecule has 0 unspecified atom stereocenters. The Morgan fingerprint density at radius 3 is 3.00 bits per heavy atom. The molecule has 0 spiro atoms. The van der Waals surface area contributed by atoms with Gasteiger partial charge in [0.05, 0.1) is 15.7 Å². The Balaban J connectivity index is 2.96.